The Bertz CT molecular complexity index is 786. The number of hydrogen-bond donors (Lipinski definition) is 2. The van der Waals surface area contributed by atoms with Gasteiger partial charge in [-0.25, -0.2) is 0 Å². The third kappa shape index (κ3) is 29.4. The van der Waals surface area contributed by atoms with E-state index in [1.54, 1.807) is 18.2 Å². The lowest BCUT2D eigenvalue weighted by molar-refractivity contribution is 0.255. The van der Waals surface area contributed by atoms with Gasteiger partial charge in [-0.1, -0.05) is 110 Å². The van der Waals surface area contributed by atoms with E-state index in [-0.39, 0.29) is 10.6 Å². The van der Waals surface area contributed by atoms with Crippen molar-refractivity contribution in [1.82, 2.24) is 4.90 Å². The SMILES string of the molecule is CCCCCCN(CCCCCC)CCCCCC.CCCCS(=O)(=O)O.O=S(=O)(O)c1ccccc1. The van der Waals surface area contributed by atoms with Crippen LogP contribution < -0.4 is 0 Å². The standard InChI is InChI=1S/C18H39N.C6H6O3S.C4H10O3S/c1-4-7-10-13-16-19(17-14-11-8-5-2)18-15-12-9-6-3;7-10(8,9)6-4-2-1-3-5-6;1-2-3-4-8(5,6)7/h4-18H2,1-3H3;1-5H,(H,7,8,9);2-4H2,1H3,(H,5,6,7). The molecule has 0 radical (unpaired) electrons. The molecule has 220 valence electrons. The molecule has 0 unspecified atom stereocenters. The molecule has 0 bridgehead atoms. The van der Waals surface area contributed by atoms with Crippen LogP contribution in [0, 0.1) is 0 Å². The first-order valence-corrected chi connectivity index (χ1v) is 17.3. The van der Waals surface area contributed by atoms with Crippen LogP contribution in [0.1, 0.15) is 118 Å². The van der Waals surface area contributed by atoms with Crippen molar-refractivity contribution in [2.75, 3.05) is 25.4 Å². The van der Waals surface area contributed by atoms with E-state index in [1.807, 2.05) is 6.92 Å². The topological polar surface area (TPSA) is 112 Å². The Balaban J connectivity index is 0. The molecule has 1 rings (SSSR count). The van der Waals surface area contributed by atoms with Crippen molar-refractivity contribution in [2.24, 2.45) is 0 Å². The molecule has 0 aliphatic carbocycles. The summed E-state index contributed by atoms with van der Waals surface area (Å²) in [4.78, 5) is 2.66. The van der Waals surface area contributed by atoms with E-state index in [0.29, 0.717) is 6.42 Å². The van der Waals surface area contributed by atoms with Crippen LogP contribution in [-0.2, 0) is 20.2 Å². The molecule has 2 N–H and O–H groups in total. The van der Waals surface area contributed by atoms with Crippen LogP contribution in [0.3, 0.4) is 0 Å². The number of hydrogen-bond acceptors (Lipinski definition) is 5. The summed E-state index contributed by atoms with van der Waals surface area (Å²) >= 11 is 0. The van der Waals surface area contributed by atoms with Crippen molar-refractivity contribution >= 4 is 20.2 Å². The third-order valence-electron chi connectivity index (χ3n) is 5.78. The van der Waals surface area contributed by atoms with Crippen LogP contribution in [0.25, 0.3) is 0 Å². The Morgan fingerprint density at radius 3 is 1.19 bits per heavy atom. The molecule has 0 spiro atoms. The van der Waals surface area contributed by atoms with Crippen molar-refractivity contribution in [3.8, 4) is 0 Å². The van der Waals surface area contributed by atoms with Crippen LogP contribution in [0.4, 0.5) is 0 Å². The molecule has 7 nitrogen and oxygen atoms in total. The summed E-state index contributed by atoms with van der Waals surface area (Å²) in [6.45, 7) is 12.8. The largest absolute Gasteiger partial charge is 0.303 e. The fourth-order valence-electron chi connectivity index (χ4n) is 3.54. The van der Waals surface area contributed by atoms with E-state index < -0.39 is 20.2 Å². The first-order chi connectivity index (χ1) is 17.5. The molecule has 0 saturated carbocycles. The molecule has 1 aromatic rings. The molecule has 1 aromatic carbocycles. The molecule has 0 heterocycles. The van der Waals surface area contributed by atoms with Crippen LogP contribution >= 0.6 is 0 Å². The first-order valence-electron chi connectivity index (χ1n) is 14.2. The third-order valence-corrected chi connectivity index (χ3v) is 7.45. The van der Waals surface area contributed by atoms with Gasteiger partial charge in [-0.15, -0.1) is 0 Å². The number of rotatable bonds is 19. The predicted molar refractivity (Wildman–Crippen MR) is 156 cm³/mol. The zero-order valence-electron chi connectivity index (χ0n) is 23.9. The molecule has 0 atom stereocenters. The average molecular weight is 566 g/mol. The molecular formula is C28H55NO6S2. The molecule has 0 fully saturated rings. The van der Waals surface area contributed by atoms with Gasteiger partial charge in [-0.3, -0.25) is 9.11 Å². The van der Waals surface area contributed by atoms with Crippen molar-refractivity contribution in [1.29, 1.82) is 0 Å². The summed E-state index contributed by atoms with van der Waals surface area (Å²) in [6.07, 6.45) is 18.2. The highest BCUT2D eigenvalue weighted by molar-refractivity contribution is 7.86. The van der Waals surface area contributed by atoms with Crippen LogP contribution in [0.15, 0.2) is 35.2 Å². The fraction of sp³-hybridized carbons (Fsp3) is 0.786. The minimum atomic E-state index is -4.00. The smallest absolute Gasteiger partial charge is 0.294 e. The van der Waals surface area contributed by atoms with Gasteiger partial charge >= 0.3 is 0 Å². The van der Waals surface area contributed by atoms with Gasteiger partial charge in [0.15, 0.2) is 0 Å². The Hall–Kier alpha value is -1.00. The van der Waals surface area contributed by atoms with Gasteiger partial charge in [0.1, 0.15) is 0 Å². The maximum absolute atomic E-state index is 10.4. The van der Waals surface area contributed by atoms with Crippen molar-refractivity contribution in [3.05, 3.63) is 30.3 Å². The van der Waals surface area contributed by atoms with E-state index in [1.165, 1.54) is 109 Å². The molecule has 0 aromatic heterocycles. The lowest BCUT2D eigenvalue weighted by Gasteiger charge is -2.22. The summed E-state index contributed by atoms with van der Waals surface area (Å²) < 4.78 is 57.3. The highest BCUT2D eigenvalue weighted by Gasteiger charge is 2.06. The van der Waals surface area contributed by atoms with E-state index in [2.05, 4.69) is 25.7 Å². The molecule has 37 heavy (non-hydrogen) atoms. The van der Waals surface area contributed by atoms with Crippen LogP contribution in [0.2, 0.25) is 0 Å². The Morgan fingerprint density at radius 1 is 0.568 bits per heavy atom. The van der Waals surface area contributed by atoms with E-state index in [9.17, 15) is 16.8 Å². The summed E-state index contributed by atoms with van der Waals surface area (Å²) in [6, 6.07) is 7.42. The second kappa shape index (κ2) is 25.3. The predicted octanol–water partition coefficient (Wildman–Crippen LogP) is 7.64. The maximum atomic E-state index is 10.4. The normalized spacial score (nSPS) is 11.4. The molecule has 9 heteroatoms. The van der Waals surface area contributed by atoms with Gasteiger partial charge in [-0.2, -0.15) is 16.8 Å². The number of nitrogens with zero attached hydrogens (tertiary/aromatic N) is 1. The van der Waals surface area contributed by atoms with E-state index in [4.69, 9.17) is 9.11 Å². The van der Waals surface area contributed by atoms with Gasteiger partial charge in [0.2, 0.25) is 0 Å². The van der Waals surface area contributed by atoms with Crippen molar-refractivity contribution < 1.29 is 25.9 Å². The summed E-state index contributed by atoms with van der Waals surface area (Å²) in [7, 11) is -7.69. The number of benzene rings is 1. The second-order valence-electron chi connectivity index (χ2n) is 9.45. The van der Waals surface area contributed by atoms with Gasteiger partial charge in [-0.05, 0) is 57.5 Å². The molecular weight excluding hydrogens is 510 g/mol. The lowest BCUT2D eigenvalue weighted by Crippen LogP contribution is -2.27. The van der Waals surface area contributed by atoms with Crippen LogP contribution in [-0.4, -0.2) is 56.2 Å². The molecule has 0 aliphatic rings. The van der Waals surface area contributed by atoms with Crippen molar-refractivity contribution in [3.63, 3.8) is 0 Å². The average Bonchev–Trinajstić information content (AvgIpc) is 2.85. The monoisotopic (exact) mass is 565 g/mol. The highest BCUT2D eigenvalue weighted by atomic mass is 32.2. The fourth-order valence-corrected chi connectivity index (χ4v) is 4.70. The Labute approximate surface area is 228 Å². The Morgan fingerprint density at radius 2 is 0.946 bits per heavy atom. The van der Waals surface area contributed by atoms with E-state index >= 15 is 0 Å². The van der Waals surface area contributed by atoms with Crippen LogP contribution in [0.5, 0.6) is 0 Å². The minimum absolute atomic E-state index is 0.0741. The minimum Gasteiger partial charge on any atom is -0.303 e. The maximum Gasteiger partial charge on any atom is 0.294 e. The summed E-state index contributed by atoms with van der Waals surface area (Å²) in [5.74, 6) is -0.108. The summed E-state index contributed by atoms with van der Waals surface area (Å²) in [5, 5.41) is 0. The summed E-state index contributed by atoms with van der Waals surface area (Å²) in [5.41, 5.74) is 0. The van der Waals surface area contributed by atoms with Gasteiger partial charge in [0.25, 0.3) is 20.2 Å². The molecule has 0 saturated heterocycles. The zero-order valence-corrected chi connectivity index (χ0v) is 25.5. The Kier molecular flexibility index (Phi) is 26.1. The van der Waals surface area contributed by atoms with Gasteiger partial charge < -0.3 is 4.90 Å². The van der Waals surface area contributed by atoms with Gasteiger partial charge in [0, 0.05) is 0 Å². The number of unbranched alkanes of at least 4 members (excludes halogenated alkanes) is 10. The second-order valence-corrected chi connectivity index (χ2v) is 12.4. The quantitative estimate of drug-likeness (QED) is 0.131. The first kappa shape index (κ1) is 38.1. The zero-order chi connectivity index (χ0) is 28.4. The van der Waals surface area contributed by atoms with E-state index in [0.717, 1.165) is 6.42 Å². The highest BCUT2D eigenvalue weighted by Crippen LogP contribution is 2.08. The van der Waals surface area contributed by atoms with Crippen molar-refractivity contribution in [2.45, 2.75) is 122 Å². The lowest BCUT2D eigenvalue weighted by atomic mass is 10.1. The molecule has 0 amide bonds. The van der Waals surface area contributed by atoms with Gasteiger partial charge in [0.05, 0.1) is 10.6 Å². The molecule has 0 aliphatic heterocycles.